The lowest BCUT2D eigenvalue weighted by Crippen LogP contribution is -2.55. The van der Waals surface area contributed by atoms with Crippen molar-refractivity contribution in [3.05, 3.63) is 34.1 Å². The zero-order valence-electron chi connectivity index (χ0n) is 12.8. The Balaban J connectivity index is 2.46. The summed E-state index contributed by atoms with van der Waals surface area (Å²) in [6.45, 7) is 0. The second-order valence-corrected chi connectivity index (χ2v) is 7.09. The average molecular weight is 358 g/mol. The van der Waals surface area contributed by atoms with Gasteiger partial charge >= 0.3 is 0 Å². The first kappa shape index (κ1) is 16.9. The van der Waals surface area contributed by atoms with Gasteiger partial charge in [0.25, 0.3) is 0 Å². The smallest absolute Gasteiger partial charge is 0.128 e. The number of nitrogens with two attached hydrogens (primary N) is 1. The molecule has 0 aliphatic heterocycles. The first-order valence-corrected chi connectivity index (χ1v) is 8.39. The highest BCUT2D eigenvalue weighted by atomic mass is 79.9. The molecule has 1 atom stereocenters. The van der Waals surface area contributed by atoms with Crippen LogP contribution in [0.25, 0.3) is 0 Å². The third-order valence-corrected chi connectivity index (χ3v) is 5.33. The number of hydrogen-bond acceptors (Lipinski definition) is 3. The maximum atomic E-state index is 14.4. The van der Waals surface area contributed by atoms with Gasteiger partial charge < -0.3 is 4.90 Å². The monoisotopic (exact) mass is 357 g/mol. The van der Waals surface area contributed by atoms with Crippen LogP contribution in [0.4, 0.5) is 4.39 Å². The average Bonchev–Trinajstić information content (AvgIpc) is 2.70. The minimum Gasteiger partial charge on any atom is -0.302 e. The van der Waals surface area contributed by atoms with Crippen LogP contribution in [-0.4, -0.2) is 24.5 Å². The molecule has 1 aromatic carbocycles. The van der Waals surface area contributed by atoms with Crippen LogP contribution in [0.15, 0.2) is 22.7 Å². The highest BCUT2D eigenvalue weighted by Gasteiger charge is 2.42. The lowest BCUT2D eigenvalue weighted by atomic mass is 9.78. The summed E-state index contributed by atoms with van der Waals surface area (Å²) in [5, 5.41) is 0. The summed E-state index contributed by atoms with van der Waals surface area (Å²) in [5.41, 5.74) is 3.40. The van der Waals surface area contributed by atoms with E-state index in [0.717, 1.165) is 30.2 Å². The predicted octanol–water partition coefficient (Wildman–Crippen LogP) is 3.75. The summed E-state index contributed by atoms with van der Waals surface area (Å²) < 4.78 is 15.2. The summed E-state index contributed by atoms with van der Waals surface area (Å²) in [5.74, 6) is 5.67. The zero-order chi connectivity index (χ0) is 15.5. The van der Waals surface area contributed by atoms with E-state index in [4.69, 9.17) is 5.84 Å². The standard InChI is InChI=1S/C16H25BrFN3/c1-21(2)16(9-5-3-4-6-10-16)15(20-19)13-11-12(17)7-8-14(13)18/h7-8,11,15,20H,3-6,9-10,19H2,1-2H3. The van der Waals surface area contributed by atoms with E-state index < -0.39 is 0 Å². The minimum absolute atomic E-state index is 0.146. The lowest BCUT2D eigenvalue weighted by molar-refractivity contribution is 0.0784. The van der Waals surface area contributed by atoms with Crippen LogP contribution < -0.4 is 11.3 Å². The number of halogens is 2. The summed E-state index contributed by atoms with van der Waals surface area (Å²) >= 11 is 3.44. The first-order valence-electron chi connectivity index (χ1n) is 7.60. The van der Waals surface area contributed by atoms with Crippen LogP contribution in [0.2, 0.25) is 0 Å². The molecule has 1 aliphatic rings. The SMILES string of the molecule is CN(C)C1(C(NN)c2cc(Br)ccc2F)CCCCCC1. The molecule has 1 fully saturated rings. The number of likely N-dealkylation sites (N-methyl/N-ethyl adjacent to an activating group) is 1. The van der Waals surface area contributed by atoms with Gasteiger partial charge in [-0.15, -0.1) is 0 Å². The van der Waals surface area contributed by atoms with Crippen molar-refractivity contribution in [1.29, 1.82) is 0 Å². The van der Waals surface area contributed by atoms with Gasteiger partial charge in [0.05, 0.1) is 6.04 Å². The Morgan fingerprint density at radius 2 is 1.86 bits per heavy atom. The Hall–Kier alpha value is -0.490. The van der Waals surface area contributed by atoms with Crippen molar-refractivity contribution >= 4 is 15.9 Å². The molecule has 3 nitrogen and oxygen atoms in total. The van der Waals surface area contributed by atoms with E-state index in [0.29, 0.717) is 5.56 Å². The summed E-state index contributed by atoms with van der Waals surface area (Å²) in [6.07, 6.45) is 6.86. The summed E-state index contributed by atoms with van der Waals surface area (Å²) in [6, 6.07) is 4.85. The van der Waals surface area contributed by atoms with Gasteiger partial charge in [-0.3, -0.25) is 11.3 Å². The maximum absolute atomic E-state index is 14.4. The second kappa shape index (κ2) is 7.18. The Morgan fingerprint density at radius 3 is 2.38 bits per heavy atom. The van der Waals surface area contributed by atoms with Gasteiger partial charge in [0.1, 0.15) is 5.82 Å². The van der Waals surface area contributed by atoms with Crippen LogP contribution in [0.1, 0.15) is 50.1 Å². The highest BCUT2D eigenvalue weighted by Crippen LogP contribution is 2.41. The Labute approximate surface area is 135 Å². The molecule has 0 spiro atoms. The molecular weight excluding hydrogens is 333 g/mol. The molecule has 0 saturated heterocycles. The van der Waals surface area contributed by atoms with E-state index in [2.05, 4.69) is 40.4 Å². The van der Waals surface area contributed by atoms with Crippen LogP contribution in [0, 0.1) is 5.82 Å². The predicted molar refractivity (Wildman–Crippen MR) is 88.3 cm³/mol. The molecule has 0 radical (unpaired) electrons. The van der Waals surface area contributed by atoms with E-state index in [9.17, 15) is 4.39 Å². The van der Waals surface area contributed by atoms with Crippen molar-refractivity contribution in [1.82, 2.24) is 10.3 Å². The summed E-state index contributed by atoms with van der Waals surface area (Å²) in [4.78, 5) is 2.23. The molecule has 2 rings (SSSR count). The number of hydrogen-bond donors (Lipinski definition) is 2. The number of rotatable bonds is 4. The van der Waals surface area contributed by atoms with Gasteiger partial charge in [-0.2, -0.15) is 0 Å². The molecular formula is C16H25BrFN3. The van der Waals surface area contributed by atoms with Crippen LogP contribution in [-0.2, 0) is 0 Å². The van der Waals surface area contributed by atoms with Gasteiger partial charge in [0, 0.05) is 15.6 Å². The van der Waals surface area contributed by atoms with E-state index in [-0.39, 0.29) is 17.4 Å². The number of nitrogens with zero attached hydrogens (tertiary/aromatic N) is 1. The molecule has 0 aromatic heterocycles. The molecule has 0 heterocycles. The van der Waals surface area contributed by atoms with Gasteiger partial charge in [0.15, 0.2) is 0 Å². The molecule has 5 heteroatoms. The van der Waals surface area contributed by atoms with Gasteiger partial charge in [-0.25, -0.2) is 4.39 Å². The highest BCUT2D eigenvalue weighted by molar-refractivity contribution is 9.10. The van der Waals surface area contributed by atoms with Crippen LogP contribution >= 0.6 is 15.9 Å². The second-order valence-electron chi connectivity index (χ2n) is 6.18. The van der Waals surface area contributed by atoms with Crippen molar-refractivity contribution in [2.24, 2.45) is 5.84 Å². The summed E-state index contributed by atoms with van der Waals surface area (Å²) in [7, 11) is 4.15. The zero-order valence-corrected chi connectivity index (χ0v) is 14.4. The third-order valence-electron chi connectivity index (χ3n) is 4.83. The fourth-order valence-electron chi connectivity index (χ4n) is 3.61. The van der Waals surface area contributed by atoms with Crippen molar-refractivity contribution in [3.63, 3.8) is 0 Å². The van der Waals surface area contributed by atoms with Gasteiger partial charge in [-0.05, 0) is 45.1 Å². The molecule has 1 unspecified atom stereocenters. The number of benzene rings is 1. The normalized spacial score (nSPS) is 20.3. The van der Waals surface area contributed by atoms with Crippen LogP contribution in [0.5, 0.6) is 0 Å². The van der Waals surface area contributed by atoms with Crippen molar-refractivity contribution in [2.45, 2.75) is 50.1 Å². The fraction of sp³-hybridized carbons (Fsp3) is 0.625. The third kappa shape index (κ3) is 3.47. The lowest BCUT2D eigenvalue weighted by Gasteiger charge is -2.46. The first-order chi connectivity index (χ1) is 10.0. The Bertz CT molecular complexity index is 471. The fourth-order valence-corrected chi connectivity index (χ4v) is 3.98. The van der Waals surface area contributed by atoms with Crippen LogP contribution in [0.3, 0.4) is 0 Å². The molecule has 0 amide bonds. The van der Waals surface area contributed by atoms with Gasteiger partial charge in [0.2, 0.25) is 0 Å². The largest absolute Gasteiger partial charge is 0.302 e. The van der Waals surface area contributed by atoms with E-state index in [1.54, 1.807) is 6.07 Å². The molecule has 3 N–H and O–H groups in total. The van der Waals surface area contributed by atoms with Crippen molar-refractivity contribution in [2.75, 3.05) is 14.1 Å². The van der Waals surface area contributed by atoms with Gasteiger partial charge in [-0.1, -0.05) is 41.6 Å². The Kier molecular flexibility index (Phi) is 5.77. The quantitative estimate of drug-likeness (QED) is 0.489. The number of hydrazine groups is 1. The van der Waals surface area contributed by atoms with E-state index >= 15 is 0 Å². The molecule has 1 aliphatic carbocycles. The maximum Gasteiger partial charge on any atom is 0.128 e. The Morgan fingerprint density at radius 1 is 1.24 bits per heavy atom. The minimum atomic E-state index is -0.219. The van der Waals surface area contributed by atoms with Crippen molar-refractivity contribution < 1.29 is 4.39 Å². The molecule has 1 saturated carbocycles. The van der Waals surface area contributed by atoms with Crippen molar-refractivity contribution in [3.8, 4) is 0 Å². The molecule has 118 valence electrons. The number of nitrogens with one attached hydrogen (secondary N) is 1. The van der Waals surface area contributed by atoms with E-state index in [1.165, 1.54) is 18.9 Å². The topological polar surface area (TPSA) is 41.3 Å². The molecule has 21 heavy (non-hydrogen) atoms. The van der Waals surface area contributed by atoms with E-state index in [1.807, 2.05) is 6.07 Å². The molecule has 1 aromatic rings. The molecule has 0 bridgehead atoms.